The van der Waals surface area contributed by atoms with Crippen molar-refractivity contribution in [1.82, 2.24) is 5.32 Å². The summed E-state index contributed by atoms with van der Waals surface area (Å²) in [6.45, 7) is 0.918. The van der Waals surface area contributed by atoms with E-state index in [-0.39, 0.29) is 43.6 Å². The first-order valence-corrected chi connectivity index (χ1v) is 6.34. The van der Waals surface area contributed by atoms with Crippen LogP contribution in [0, 0.1) is 5.92 Å². The van der Waals surface area contributed by atoms with Crippen molar-refractivity contribution in [2.24, 2.45) is 11.7 Å². The van der Waals surface area contributed by atoms with Gasteiger partial charge in [-0.05, 0) is 19.3 Å². The van der Waals surface area contributed by atoms with E-state index in [9.17, 15) is 13.6 Å². The van der Waals surface area contributed by atoms with E-state index < -0.39 is 5.92 Å². The SMILES string of the molecule is COCC(N)CCNC(=O)C1CCC(F)(F)CC1. The number of halogens is 2. The molecule has 0 bridgehead atoms. The van der Waals surface area contributed by atoms with Crippen molar-refractivity contribution in [1.29, 1.82) is 0 Å². The van der Waals surface area contributed by atoms with Crippen molar-refractivity contribution in [2.45, 2.75) is 44.1 Å². The van der Waals surface area contributed by atoms with Crippen molar-refractivity contribution in [3.8, 4) is 0 Å². The van der Waals surface area contributed by atoms with E-state index in [0.717, 1.165) is 0 Å². The molecule has 0 aromatic carbocycles. The smallest absolute Gasteiger partial charge is 0.248 e. The molecule has 1 fully saturated rings. The molecule has 1 rings (SSSR count). The minimum Gasteiger partial charge on any atom is -0.383 e. The van der Waals surface area contributed by atoms with Gasteiger partial charge in [-0.2, -0.15) is 0 Å². The fourth-order valence-electron chi connectivity index (χ4n) is 2.12. The molecule has 0 aromatic rings. The zero-order chi connectivity index (χ0) is 13.6. The fourth-order valence-corrected chi connectivity index (χ4v) is 2.12. The zero-order valence-corrected chi connectivity index (χ0v) is 10.8. The lowest BCUT2D eigenvalue weighted by atomic mass is 9.86. The maximum atomic E-state index is 12.9. The summed E-state index contributed by atoms with van der Waals surface area (Å²) in [5.74, 6) is -2.99. The van der Waals surface area contributed by atoms with Gasteiger partial charge in [-0.25, -0.2) is 8.78 Å². The summed E-state index contributed by atoms with van der Waals surface area (Å²) in [4.78, 5) is 11.7. The number of nitrogens with one attached hydrogen (secondary N) is 1. The van der Waals surface area contributed by atoms with Crippen molar-refractivity contribution in [3.05, 3.63) is 0 Å². The van der Waals surface area contributed by atoms with Crippen LogP contribution in [-0.4, -0.2) is 38.1 Å². The molecular formula is C12H22F2N2O2. The van der Waals surface area contributed by atoms with E-state index in [1.807, 2.05) is 0 Å². The molecule has 1 saturated carbocycles. The number of hydrogen-bond donors (Lipinski definition) is 2. The first kappa shape index (κ1) is 15.3. The minimum atomic E-state index is -2.59. The number of methoxy groups -OCH3 is 1. The van der Waals surface area contributed by atoms with E-state index >= 15 is 0 Å². The molecule has 6 heteroatoms. The standard InChI is InChI=1S/C12H22F2N2O2/c1-18-8-10(15)4-7-16-11(17)9-2-5-12(13,14)6-3-9/h9-10H,2-8,15H2,1H3,(H,16,17). The van der Waals surface area contributed by atoms with Gasteiger partial charge in [0.1, 0.15) is 0 Å². The number of hydrogen-bond acceptors (Lipinski definition) is 3. The lowest BCUT2D eigenvalue weighted by Gasteiger charge is -2.27. The highest BCUT2D eigenvalue weighted by Gasteiger charge is 2.37. The third kappa shape index (κ3) is 5.27. The number of carbonyl (C=O) groups excluding carboxylic acids is 1. The van der Waals surface area contributed by atoms with E-state index in [1.165, 1.54) is 0 Å². The Morgan fingerprint density at radius 1 is 1.50 bits per heavy atom. The summed E-state index contributed by atoms with van der Waals surface area (Å²) < 4.78 is 30.7. The highest BCUT2D eigenvalue weighted by molar-refractivity contribution is 5.78. The van der Waals surface area contributed by atoms with Gasteiger partial charge in [-0.15, -0.1) is 0 Å². The second kappa shape index (κ2) is 6.99. The van der Waals surface area contributed by atoms with Crippen molar-refractivity contribution in [3.63, 3.8) is 0 Å². The monoisotopic (exact) mass is 264 g/mol. The zero-order valence-electron chi connectivity index (χ0n) is 10.8. The first-order chi connectivity index (χ1) is 8.44. The molecule has 18 heavy (non-hydrogen) atoms. The molecule has 1 aliphatic carbocycles. The molecule has 0 radical (unpaired) electrons. The minimum absolute atomic E-state index is 0.106. The van der Waals surface area contributed by atoms with Crippen LogP contribution in [0.3, 0.4) is 0 Å². The Labute approximate surface area is 106 Å². The van der Waals surface area contributed by atoms with Gasteiger partial charge in [0.2, 0.25) is 11.8 Å². The Morgan fingerprint density at radius 2 is 2.11 bits per heavy atom. The number of carbonyl (C=O) groups is 1. The maximum absolute atomic E-state index is 12.9. The number of ether oxygens (including phenoxy) is 1. The summed E-state index contributed by atoms with van der Waals surface area (Å²) in [6, 6.07) is -0.106. The molecule has 3 N–H and O–H groups in total. The number of rotatable bonds is 6. The Bertz CT molecular complexity index is 265. The predicted molar refractivity (Wildman–Crippen MR) is 64.4 cm³/mol. The molecule has 0 spiro atoms. The van der Waals surface area contributed by atoms with Crippen LogP contribution in [-0.2, 0) is 9.53 Å². The Kier molecular flexibility index (Phi) is 5.95. The van der Waals surface area contributed by atoms with Gasteiger partial charge in [0.25, 0.3) is 0 Å². The van der Waals surface area contributed by atoms with Gasteiger partial charge in [0.15, 0.2) is 0 Å². The van der Waals surface area contributed by atoms with Crippen LogP contribution in [0.1, 0.15) is 32.1 Å². The molecule has 0 heterocycles. The van der Waals surface area contributed by atoms with E-state index in [4.69, 9.17) is 10.5 Å². The Hall–Kier alpha value is -0.750. The van der Waals surface area contributed by atoms with E-state index in [0.29, 0.717) is 19.6 Å². The number of nitrogens with two attached hydrogens (primary N) is 1. The number of amides is 1. The highest BCUT2D eigenvalue weighted by atomic mass is 19.3. The van der Waals surface area contributed by atoms with Crippen molar-refractivity contribution >= 4 is 5.91 Å². The van der Waals surface area contributed by atoms with Crippen LogP contribution in [0.2, 0.25) is 0 Å². The second-order valence-corrected chi connectivity index (χ2v) is 4.93. The second-order valence-electron chi connectivity index (χ2n) is 4.93. The van der Waals surface area contributed by atoms with Gasteiger partial charge in [-0.3, -0.25) is 4.79 Å². The topological polar surface area (TPSA) is 64.3 Å². The summed E-state index contributed by atoms with van der Waals surface area (Å²) in [5.41, 5.74) is 5.71. The quantitative estimate of drug-likeness (QED) is 0.760. The van der Waals surface area contributed by atoms with Gasteiger partial charge < -0.3 is 15.8 Å². The van der Waals surface area contributed by atoms with Crippen molar-refractivity contribution in [2.75, 3.05) is 20.3 Å². The molecule has 0 saturated heterocycles. The summed E-state index contributed by atoms with van der Waals surface area (Å²) in [5, 5.41) is 2.75. The molecule has 4 nitrogen and oxygen atoms in total. The third-order valence-electron chi connectivity index (χ3n) is 3.28. The highest BCUT2D eigenvalue weighted by Crippen LogP contribution is 2.36. The Balaban J connectivity index is 2.18. The Morgan fingerprint density at radius 3 is 2.67 bits per heavy atom. The van der Waals surface area contributed by atoms with Crippen LogP contribution in [0.5, 0.6) is 0 Å². The lowest BCUT2D eigenvalue weighted by molar-refractivity contribution is -0.129. The van der Waals surface area contributed by atoms with Crippen LogP contribution in [0.4, 0.5) is 8.78 Å². The summed E-state index contributed by atoms with van der Waals surface area (Å²) in [6.07, 6.45) is 0.789. The molecule has 1 atom stereocenters. The fraction of sp³-hybridized carbons (Fsp3) is 0.917. The first-order valence-electron chi connectivity index (χ1n) is 6.34. The van der Waals surface area contributed by atoms with Gasteiger partial charge in [-0.1, -0.05) is 0 Å². The molecule has 0 aromatic heterocycles. The molecule has 0 aliphatic heterocycles. The van der Waals surface area contributed by atoms with E-state index in [2.05, 4.69) is 5.32 Å². The number of alkyl halides is 2. The maximum Gasteiger partial charge on any atom is 0.248 e. The molecule has 1 amide bonds. The van der Waals surface area contributed by atoms with E-state index in [1.54, 1.807) is 7.11 Å². The lowest BCUT2D eigenvalue weighted by Crippen LogP contribution is -2.38. The van der Waals surface area contributed by atoms with Gasteiger partial charge in [0.05, 0.1) is 6.61 Å². The average Bonchev–Trinajstić information content (AvgIpc) is 2.29. The molecule has 1 aliphatic rings. The summed E-state index contributed by atoms with van der Waals surface area (Å²) >= 11 is 0. The molecule has 1 unspecified atom stereocenters. The molecule has 106 valence electrons. The third-order valence-corrected chi connectivity index (χ3v) is 3.28. The van der Waals surface area contributed by atoms with Gasteiger partial charge >= 0.3 is 0 Å². The largest absolute Gasteiger partial charge is 0.383 e. The van der Waals surface area contributed by atoms with Crippen molar-refractivity contribution < 1.29 is 18.3 Å². The van der Waals surface area contributed by atoms with Gasteiger partial charge in [0, 0.05) is 38.5 Å². The van der Waals surface area contributed by atoms with Crippen LogP contribution >= 0.6 is 0 Å². The normalized spacial score (nSPS) is 21.6. The molecular weight excluding hydrogens is 242 g/mol. The average molecular weight is 264 g/mol. The van der Waals surface area contributed by atoms with Crippen LogP contribution in [0.25, 0.3) is 0 Å². The predicted octanol–water partition coefficient (Wildman–Crippen LogP) is 1.29. The van der Waals surface area contributed by atoms with Crippen LogP contribution < -0.4 is 11.1 Å². The van der Waals surface area contributed by atoms with Crippen LogP contribution in [0.15, 0.2) is 0 Å². The summed E-state index contributed by atoms with van der Waals surface area (Å²) in [7, 11) is 1.57.